The van der Waals surface area contributed by atoms with E-state index in [0.29, 0.717) is 5.56 Å². The van der Waals surface area contributed by atoms with Crippen molar-refractivity contribution in [1.82, 2.24) is 9.55 Å². The van der Waals surface area contributed by atoms with Crippen molar-refractivity contribution in [3.63, 3.8) is 0 Å². The number of nitrogen functional groups attached to an aromatic ring is 1. The van der Waals surface area contributed by atoms with E-state index in [1.807, 2.05) is 0 Å². The van der Waals surface area contributed by atoms with E-state index in [9.17, 15) is 18.9 Å². The van der Waals surface area contributed by atoms with Crippen molar-refractivity contribution in [2.24, 2.45) is 0 Å². The van der Waals surface area contributed by atoms with E-state index >= 15 is 4.39 Å². The van der Waals surface area contributed by atoms with Gasteiger partial charge in [0.25, 0.3) is 5.91 Å². The number of ether oxygens (including phenoxy) is 1. The highest BCUT2D eigenvalue weighted by Gasteiger charge is 2.52. The van der Waals surface area contributed by atoms with Gasteiger partial charge >= 0.3 is 8.17 Å². The topological polar surface area (TPSA) is 147 Å². The lowest BCUT2D eigenvalue weighted by molar-refractivity contribution is -0.0290. The molecule has 11 nitrogen and oxygen atoms in total. The van der Waals surface area contributed by atoms with Gasteiger partial charge in [0.15, 0.2) is 24.0 Å². The molecule has 0 radical (unpaired) electrons. The number of pyridine rings is 2. The fourth-order valence-corrected chi connectivity index (χ4v) is 6.06. The maximum atomic E-state index is 15.0. The van der Waals surface area contributed by atoms with Crippen LogP contribution in [0.2, 0.25) is 5.02 Å². The molecule has 2 aromatic heterocycles. The number of amides is 1. The highest BCUT2D eigenvalue weighted by molar-refractivity contribution is 7.55. The Morgan fingerprint density at radius 2 is 1.64 bits per heavy atom. The Hall–Kier alpha value is -3.97. The Kier molecular flexibility index (Phi) is 10.7. The van der Waals surface area contributed by atoms with Gasteiger partial charge in [-0.3, -0.25) is 9.59 Å². The van der Waals surface area contributed by atoms with Crippen molar-refractivity contribution in [1.29, 1.82) is 0 Å². The lowest BCUT2D eigenvalue weighted by Crippen LogP contribution is -2.28. The van der Waals surface area contributed by atoms with Crippen LogP contribution in [0, 0.1) is 11.6 Å². The van der Waals surface area contributed by atoms with Crippen LogP contribution < -0.4 is 21.2 Å². The Morgan fingerprint density at radius 1 is 1.00 bits per heavy atom. The molecule has 2 aromatic carbocycles. The number of benzene rings is 2. The Balaban J connectivity index is 1.66. The van der Waals surface area contributed by atoms with E-state index < -0.39 is 49.1 Å². The van der Waals surface area contributed by atoms with Crippen LogP contribution in [0.1, 0.15) is 51.9 Å². The number of nitrogens with two attached hydrogens (primary N) is 1. The Labute approximate surface area is 275 Å². The minimum absolute atomic E-state index is 0.00100. The number of carbonyl (C=O) groups is 1. The molecule has 250 valence electrons. The summed E-state index contributed by atoms with van der Waals surface area (Å²) in [6, 6.07) is 10.1. The second-order valence-corrected chi connectivity index (χ2v) is 14.2. The van der Waals surface area contributed by atoms with Crippen LogP contribution in [-0.2, 0) is 20.3 Å². The van der Waals surface area contributed by atoms with Crippen molar-refractivity contribution in [3.8, 4) is 22.6 Å². The maximum Gasteiger partial charge on any atom is 0.575 e. The van der Waals surface area contributed by atoms with Crippen LogP contribution in [0.4, 0.5) is 20.3 Å². The van der Waals surface area contributed by atoms with Crippen molar-refractivity contribution < 1.29 is 36.8 Å². The molecular weight excluding hydrogens is 657 g/mol. The lowest BCUT2D eigenvalue weighted by Gasteiger charge is -2.27. The third kappa shape index (κ3) is 9.77. The highest BCUT2D eigenvalue weighted by Crippen LogP contribution is 2.63. The third-order valence-corrected chi connectivity index (χ3v) is 8.30. The SMILES string of the molecule is CC(C)(C)O[P+](O)(OCn1cc(C(=O)Nc2ccc(Oc3ccnc(N)c3Cl)c(F)c2)c(=O)c(-c2ccc(F)cc2)c1)OC(C)(C)C. The summed E-state index contributed by atoms with van der Waals surface area (Å²) >= 11 is 6.08. The number of anilines is 2. The zero-order chi connectivity index (χ0) is 34.7. The predicted molar refractivity (Wildman–Crippen MR) is 176 cm³/mol. The van der Waals surface area contributed by atoms with E-state index in [1.165, 1.54) is 65.6 Å². The summed E-state index contributed by atoms with van der Waals surface area (Å²) in [5.41, 5.74) is 3.26. The first-order valence-corrected chi connectivity index (χ1v) is 16.1. The molecule has 0 aliphatic heterocycles. The predicted octanol–water partition coefficient (Wildman–Crippen LogP) is 7.74. The van der Waals surface area contributed by atoms with Crippen molar-refractivity contribution in [2.45, 2.75) is 59.5 Å². The summed E-state index contributed by atoms with van der Waals surface area (Å²) in [4.78, 5) is 42.1. The molecule has 0 fully saturated rings. The zero-order valence-corrected chi connectivity index (χ0v) is 28.2. The van der Waals surface area contributed by atoms with Gasteiger partial charge in [-0.05, 0) is 71.4 Å². The van der Waals surface area contributed by atoms with E-state index in [-0.39, 0.29) is 39.2 Å². The summed E-state index contributed by atoms with van der Waals surface area (Å²) in [5.74, 6) is -2.38. The molecule has 0 unspecified atom stereocenters. The van der Waals surface area contributed by atoms with Crippen molar-refractivity contribution in [2.75, 3.05) is 11.1 Å². The number of nitrogens with one attached hydrogen (secondary N) is 1. The number of carbonyl (C=O) groups excluding carboxylic acids is 1. The van der Waals surface area contributed by atoms with Gasteiger partial charge in [0.05, 0.1) is 0 Å². The first-order chi connectivity index (χ1) is 21.8. The molecule has 15 heteroatoms. The molecule has 4 N–H and O–H groups in total. The van der Waals surface area contributed by atoms with E-state index in [2.05, 4.69) is 10.3 Å². The monoisotopic (exact) mass is 691 g/mol. The molecule has 0 aliphatic rings. The first-order valence-electron chi connectivity index (χ1n) is 14.2. The summed E-state index contributed by atoms with van der Waals surface area (Å²) in [6.45, 7) is 9.89. The van der Waals surface area contributed by atoms with E-state index in [1.54, 1.807) is 41.5 Å². The average Bonchev–Trinajstić information content (AvgIpc) is 2.94. The molecule has 4 rings (SSSR count). The minimum Gasteiger partial charge on any atom is -0.453 e. The lowest BCUT2D eigenvalue weighted by atomic mass is 10.0. The fourth-order valence-electron chi connectivity index (χ4n) is 4.10. The number of nitrogens with zero attached hydrogens (tertiary/aromatic N) is 2. The number of halogens is 3. The largest absolute Gasteiger partial charge is 0.575 e. The number of hydrogen-bond donors (Lipinski definition) is 3. The molecule has 0 aliphatic carbocycles. The average molecular weight is 692 g/mol. The van der Waals surface area contributed by atoms with Gasteiger partial charge in [0.1, 0.15) is 33.4 Å². The van der Waals surface area contributed by atoms with Gasteiger partial charge in [-0.15, -0.1) is 13.6 Å². The molecule has 4 aromatic rings. The van der Waals surface area contributed by atoms with Gasteiger partial charge < -0.3 is 20.4 Å². The van der Waals surface area contributed by atoms with Crippen LogP contribution in [0.25, 0.3) is 11.1 Å². The van der Waals surface area contributed by atoms with Gasteiger partial charge in [-0.25, -0.2) is 13.8 Å². The molecule has 0 spiro atoms. The van der Waals surface area contributed by atoms with Gasteiger partial charge in [0, 0.05) is 42.0 Å². The molecule has 0 saturated heterocycles. The van der Waals surface area contributed by atoms with Crippen molar-refractivity contribution >= 4 is 37.2 Å². The second kappa shape index (κ2) is 14.0. The summed E-state index contributed by atoms with van der Waals surface area (Å²) < 4.78 is 52.9. The smallest absolute Gasteiger partial charge is 0.453 e. The third-order valence-electron chi connectivity index (χ3n) is 5.92. The summed E-state index contributed by atoms with van der Waals surface area (Å²) in [5, 5.41) is 2.51. The summed E-state index contributed by atoms with van der Waals surface area (Å²) in [6.07, 6.45) is 3.93. The Morgan fingerprint density at radius 3 is 2.23 bits per heavy atom. The van der Waals surface area contributed by atoms with Gasteiger partial charge in [0.2, 0.25) is 5.43 Å². The summed E-state index contributed by atoms with van der Waals surface area (Å²) in [7, 11) is -3.94. The fraction of sp³-hybridized carbons (Fsp3) is 0.281. The normalized spacial score (nSPS) is 12.2. The molecule has 1 amide bonds. The molecule has 2 heterocycles. The number of rotatable bonds is 10. The number of hydrogen-bond acceptors (Lipinski definition) is 9. The van der Waals surface area contributed by atoms with Crippen LogP contribution in [0.15, 0.2) is 71.9 Å². The standard InChI is InChI=1S/C32H34ClF2N4O7P/c1-31(2,3)45-47(42,46-32(4,5)6)43-18-39-16-22(19-7-9-20(34)10-8-19)28(40)23(17-39)30(41)38-21-11-12-25(24(35)15-21)44-26-13-14-37-29(36)27(26)33/h7-17,42H,18H2,1-6H3,(H2-,36,37,38,41)/p+1. The minimum atomic E-state index is -3.94. The van der Waals surface area contributed by atoms with E-state index in [0.717, 1.165) is 6.07 Å². The van der Waals surface area contributed by atoms with Crippen LogP contribution in [0.5, 0.6) is 11.5 Å². The molecular formula is C32H35ClF2N4O7P+. The molecule has 0 saturated carbocycles. The zero-order valence-electron chi connectivity index (χ0n) is 26.5. The quantitative estimate of drug-likeness (QED) is 0.142. The van der Waals surface area contributed by atoms with Crippen LogP contribution in [0.3, 0.4) is 0 Å². The van der Waals surface area contributed by atoms with Crippen LogP contribution >= 0.6 is 19.8 Å². The first kappa shape index (κ1) is 35.9. The van der Waals surface area contributed by atoms with Gasteiger partial charge in [-0.2, -0.15) is 4.89 Å². The molecule has 47 heavy (non-hydrogen) atoms. The van der Waals surface area contributed by atoms with Gasteiger partial charge in [-0.1, -0.05) is 23.7 Å². The van der Waals surface area contributed by atoms with E-state index in [4.69, 9.17) is 35.6 Å². The molecule has 0 bridgehead atoms. The number of aromatic nitrogens is 2. The van der Waals surface area contributed by atoms with Crippen LogP contribution in [-0.4, -0.2) is 31.6 Å². The second-order valence-electron chi connectivity index (χ2n) is 12.3. The maximum absolute atomic E-state index is 15.0. The molecule has 0 atom stereocenters. The highest BCUT2D eigenvalue weighted by atomic mass is 35.5. The van der Waals surface area contributed by atoms with Crippen molar-refractivity contribution in [3.05, 3.63) is 99.6 Å². The Bertz CT molecular complexity index is 1810.